The molecule has 1 aliphatic carbocycles. The zero-order valence-electron chi connectivity index (χ0n) is 10.8. The van der Waals surface area contributed by atoms with Crippen LogP contribution in [0.4, 0.5) is 8.78 Å². The minimum absolute atomic E-state index is 0.0552. The molecule has 1 aliphatic heterocycles. The lowest BCUT2D eigenvalue weighted by molar-refractivity contribution is -0.0955. The number of hydrogen-bond acceptors (Lipinski definition) is 1. The fourth-order valence-electron chi connectivity index (χ4n) is 3.37. The summed E-state index contributed by atoms with van der Waals surface area (Å²) in [6.07, 6.45) is 5.62. The number of rotatable bonds is 2. The number of hydrogen-bond donors (Lipinski definition) is 1. The minimum Gasteiger partial charge on any atom is -0.354 e. The Morgan fingerprint density at radius 2 is 2.06 bits per heavy atom. The highest BCUT2D eigenvalue weighted by molar-refractivity contribution is 5.24. The summed E-state index contributed by atoms with van der Waals surface area (Å²) in [6, 6.07) is 2.40. The minimum atomic E-state index is -2.43. The monoisotopic (exact) mass is 254 g/mol. The van der Waals surface area contributed by atoms with Crippen LogP contribution in [0.2, 0.25) is 0 Å². The number of nitrogens with zero attached hydrogens (tertiary/aromatic N) is 1. The van der Waals surface area contributed by atoms with Crippen molar-refractivity contribution >= 4 is 0 Å². The van der Waals surface area contributed by atoms with Crippen molar-refractivity contribution in [1.29, 1.82) is 0 Å². The quantitative estimate of drug-likeness (QED) is 0.856. The first kappa shape index (κ1) is 12.2. The predicted molar refractivity (Wildman–Crippen MR) is 66.7 cm³/mol. The largest absolute Gasteiger partial charge is 0.354 e. The number of alkyl halides is 2. The van der Waals surface area contributed by atoms with Crippen LogP contribution in [-0.4, -0.2) is 17.0 Å². The van der Waals surface area contributed by atoms with E-state index in [-0.39, 0.29) is 24.3 Å². The van der Waals surface area contributed by atoms with Crippen LogP contribution < -0.4 is 5.32 Å². The second-order valence-electron chi connectivity index (χ2n) is 5.81. The molecule has 2 fully saturated rings. The molecule has 1 atom stereocenters. The molecule has 2 nitrogen and oxygen atoms in total. The predicted octanol–water partition coefficient (Wildman–Crippen LogP) is 3.35. The summed E-state index contributed by atoms with van der Waals surface area (Å²) in [6.45, 7) is 3.96. The van der Waals surface area contributed by atoms with Gasteiger partial charge in [0, 0.05) is 49.8 Å². The molecule has 4 heteroatoms. The van der Waals surface area contributed by atoms with Crippen LogP contribution in [0.1, 0.15) is 44.2 Å². The SMILES string of the molecule is CCn1ccc(C2NCC23CCC(F)(F)CC3)c1. The fourth-order valence-corrected chi connectivity index (χ4v) is 3.37. The van der Waals surface area contributed by atoms with Crippen molar-refractivity contribution in [2.24, 2.45) is 5.41 Å². The van der Waals surface area contributed by atoms with E-state index in [1.807, 2.05) is 0 Å². The van der Waals surface area contributed by atoms with Crippen molar-refractivity contribution in [2.45, 2.75) is 51.1 Å². The highest BCUT2D eigenvalue weighted by Crippen LogP contribution is 2.54. The van der Waals surface area contributed by atoms with E-state index in [2.05, 4.69) is 35.3 Å². The first-order valence-electron chi connectivity index (χ1n) is 6.82. The molecule has 1 saturated carbocycles. The van der Waals surface area contributed by atoms with Crippen LogP contribution in [-0.2, 0) is 6.54 Å². The van der Waals surface area contributed by atoms with Crippen molar-refractivity contribution in [3.8, 4) is 0 Å². The van der Waals surface area contributed by atoms with Crippen molar-refractivity contribution in [3.63, 3.8) is 0 Å². The van der Waals surface area contributed by atoms with Gasteiger partial charge in [-0.05, 0) is 31.4 Å². The normalized spacial score (nSPS) is 29.2. The second-order valence-corrected chi connectivity index (χ2v) is 5.81. The van der Waals surface area contributed by atoms with Gasteiger partial charge in [0.25, 0.3) is 0 Å². The summed E-state index contributed by atoms with van der Waals surface area (Å²) < 4.78 is 28.7. The highest BCUT2D eigenvalue weighted by atomic mass is 19.3. The number of halogens is 2. The highest BCUT2D eigenvalue weighted by Gasteiger charge is 2.52. The fraction of sp³-hybridized carbons (Fsp3) is 0.714. The average Bonchev–Trinajstić information content (AvgIpc) is 2.76. The van der Waals surface area contributed by atoms with Gasteiger partial charge in [0.2, 0.25) is 5.92 Å². The van der Waals surface area contributed by atoms with E-state index in [0.29, 0.717) is 12.8 Å². The molecule has 100 valence electrons. The lowest BCUT2D eigenvalue weighted by Gasteiger charge is -2.54. The van der Waals surface area contributed by atoms with Crippen LogP contribution in [0.25, 0.3) is 0 Å². The Morgan fingerprint density at radius 3 is 2.56 bits per heavy atom. The van der Waals surface area contributed by atoms with Crippen molar-refractivity contribution < 1.29 is 8.78 Å². The molecule has 18 heavy (non-hydrogen) atoms. The van der Waals surface area contributed by atoms with Gasteiger partial charge in [-0.15, -0.1) is 0 Å². The van der Waals surface area contributed by atoms with Gasteiger partial charge in [-0.1, -0.05) is 0 Å². The van der Waals surface area contributed by atoms with E-state index in [9.17, 15) is 8.78 Å². The molecule has 1 saturated heterocycles. The molecule has 2 aliphatic rings. The standard InChI is InChI=1S/C14H20F2N2/c1-2-18-8-3-11(9-18)12-13(10-17-12)4-6-14(15,16)7-5-13/h3,8-9,12,17H,2,4-7,10H2,1H3. The Labute approximate surface area is 106 Å². The molecule has 3 rings (SSSR count). The van der Waals surface area contributed by atoms with Crippen molar-refractivity contribution in [3.05, 3.63) is 24.0 Å². The molecule has 0 amide bonds. The van der Waals surface area contributed by atoms with E-state index in [1.54, 1.807) is 0 Å². The summed E-state index contributed by atoms with van der Waals surface area (Å²) in [5.41, 5.74) is 1.34. The van der Waals surface area contributed by atoms with Crippen LogP contribution in [0.15, 0.2) is 18.5 Å². The molecular formula is C14H20F2N2. The maximum absolute atomic E-state index is 13.3. The van der Waals surface area contributed by atoms with Crippen molar-refractivity contribution in [1.82, 2.24) is 9.88 Å². The molecule has 1 spiro atoms. The first-order chi connectivity index (χ1) is 8.55. The Balaban J connectivity index is 1.75. The molecule has 0 bridgehead atoms. The Kier molecular flexibility index (Phi) is 2.73. The maximum atomic E-state index is 13.3. The Hall–Kier alpha value is -0.900. The third-order valence-corrected chi connectivity index (χ3v) is 4.72. The van der Waals surface area contributed by atoms with E-state index in [4.69, 9.17) is 0 Å². The summed E-state index contributed by atoms with van der Waals surface area (Å²) in [5.74, 6) is -2.43. The van der Waals surface area contributed by atoms with E-state index >= 15 is 0 Å². The van der Waals surface area contributed by atoms with Gasteiger partial charge in [0.05, 0.1) is 0 Å². The molecule has 0 aromatic carbocycles. The second kappa shape index (κ2) is 4.05. The number of aromatic nitrogens is 1. The van der Waals surface area contributed by atoms with Gasteiger partial charge in [0.1, 0.15) is 0 Å². The van der Waals surface area contributed by atoms with E-state index < -0.39 is 5.92 Å². The zero-order valence-corrected chi connectivity index (χ0v) is 10.8. The van der Waals surface area contributed by atoms with Crippen LogP contribution in [0.5, 0.6) is 0 Å². The molecule has 1 unspecified atom stereocenters. The zero-order chi connectivity index (χ0) is 12.8. The van der Waals surface area contributed by atoms with Gasteiger partial charge in [-0.3, -0.25) is 0 Å². The Bertz CT molecular complexity index is 429. The van der Waals surface area contributed by atoms with E-state index in [0.717, 1.165) is 13.1 Å². The van der Waals surface area contributed by atoms with Crippen LogP contribution in [0.3, 0.4) is 0 Å². The van der Waals surface area contributed by atoms with Crippen LogP contribution >= 0.6 is 0 Å². The maximum Gasteiger partial charge on any atom is 0.248 e. The lowest BCUT2D eigenvalue weighted by atomic mass is 9.62. The average molecular weight is 254 g/mol. The molecular weight excluding hydrogens is 234 g/mol. The first-order valence-corrected chi connectivity index (χ1v) is 6.82. The van der Waals surface area contributed by atoms with Crippen molar-refractivity contribution in [2.75, 3.05) is 6.54 Å². The van der Waals surface area contributed by atoms with Gasteiger partial charge < -0.3 is 9.88 Å². The summed E-state index contributed by atoms with van der Waals surface area (Å²) in [4.78, 5) is 0. The van der Waals surface area contributed by atoms with Gasteiger partial charge in [-0.2, -0.15) is 0 Å². The van der Waals surface area contributed by atoms with E-state index in [1.165, 1.54) is 5.56 Å². The summed E-state index contributed by atoms with van der Waals surface area (Å²) in [5, 5.41) is 3.43. The van der Waals surface area contributed by atoms with Crippen LogP contribution in [0, 0.1) is 5.41 Å². The Morgan fingerprint density at radius 1 is 1.33 bits per heavy atom. The molecule has 2 heterocycles. The number of aryl methyl sites for hydroxylation is 1. The van der Waals surface area contributed by atoms with Gasteiger partial charge in [-0.25, -0.2) is 8.78 Å². The van der Waals surface area contributed by atoms with Gasteiger partial charge in [0.15, 0.2) is 0 Å². The third kappa shape index (κ3) is 1.87. The molecule has 1 aromatic heterocycles. The molecule has 1 N–H and O–H groups in total. The summed E-state index contributed by atoms with van der Waals surface area (Å²) in [7, 11) is 0. The van der Waals surface area contributed by atoms with Gasteiger partial charge >= 0.3 is 0 Å². The lowest BCUT2D eigenvalue weighted by Crippen LogP contribution is -2.58. The molecule has 1 aromatic rings. The summed E-state index contributed by atoms with van der Waals surface area (Å²) >= 11 is 0. The topological polar surface area (TPSA) is 17.0 Å². The third-order valence-electron chi connectivity index (χ3n) is 4.72. The number of nitrogens with one attached hydrogen (secondary N) is 1. The molecule has 0 radical (unpaired) electrons. The smallest absolute Gasteiger partial charge is 0.248 e.